The predicted molar refractivity (Wildman–Crippen MR) is 91.0 cm³/mol. The highest BCUT2D eigenvalue weighted by atomic mass is 16.1. The molecule has 0 saturated carbocycles. The molecule has 0 aromatic heterocycles. The van der Waals surface area contributed by atoms with Crippen LogP contribution in [0.4, 0.5) is 0 Å². The van der Waals surface area contributed by atoms with Crippen molar-refractivity contribution < 1.29 is 4.79 Å². The Labute approximate surface area is 128 Å². The van der Waals surface area contributed by atoms with Crippen molar-refractivity contribution in [3.8, 4) is 0 Å². The summed E-state index contributed by atoms with van der Waals surface area (Å²) < 4.78 is 0. The number of rotatable bonds is 8. The maximum atomic E-state index is 11.9. The van der Waals surface area contributed by atoms with Crippen molar-refractivity contribution in [3.63, 3.8) is 0 Å². The van der Waals surface area contributed by atoms with Gasteiger partial charge in [-0.2, -0.15) is 0 Å². The third-order valence-electron chi connectivity index (χ3n) is 4.20. The Morgan fingerprint density at radius 3 is 2.38 bits per heavy atom. The maximum absolute atomic E-state index is 11.9. The van der Waals surface area contributed by atoms with Crippen LogP contribution < -0.4 is 0 Å². The molecule has 1 nitrogen and oxygen atoms in total. The fraction of sp³-hybridized carbons (Fsp3) is 0.450. The summed E-state index contributed by atoms with van der Waals surface area (Å²) >= 11 is 0. The summed E-state index contributed by atoms with van der Waals surface area (Å²) in [6.45, 7) is 3.92. The number of carbonyl (C=O) groups excluding carboxylic acids is 1. The molecule has 0 heterocycles. The van der Waals surface area contributed by atoms with E-state index in [4.69, 9.17) is 0 Å². The normalized spacial score (nSPS) is 11.0. The standard InChI is InChI=1S/C20H26O/c1-3-4-5-6-7-8-13-20-18(16(2)21)15-14-17-11-9-10-12-19(17)20/h9-12,14-15H,3-8,13H2,1-2H3. The Morgan fingerprint density at radius 1 is 0.905 bits per heavy atom. The molecule has 0 saturated heterocycles. The molecule has 0 spiro atoms. The van der Waals surface area contributed by atoms with Crippen LogP contribution in [0, 0.1) is 0 Å². The number of aryl methyl sites for hydroxylation is 1. The van der Waals surface area contributed by atoms with E-state index in [0.29, 0.717) is 0 Å². The number of unbranched alkanes of at least 4 members (excludes halogenated alkanes) is 5. The van der Waals surface area contributed by atoms with E-state index in [2.05, 4.69) is 37.3 Å². The van der Waals surface area contributed by atoms with Crippen LogP contribution in [-0.2, 0) is 6.42 Å². The highest BCUT2D eigenvalue weighted by molar-refractivity contribution is 6.01. The second-order valence-corrected chi connectivity index (χ2v) is 5.89. The molecule has 0 unspecified atom stereocenters. The summed E-state index contributed by atoms with van der Waals surface area (Å²) in [6.07, 6.45) is 8.74. The zero-order valence-electron chi connectivity index (χ0n) is 13.3. The van der Waals surface area contributed by atoms with Crippen molar-refractivity contribution in [1.29, 1.82) is 0 Å². The molecule has 2 aromatic carbocycles. The van der Waals surface area contributed by atoms with Gasteiger partial charge in [-0.3, -0.25) is 4.79 Å². The lowest BCUT2D eigenvalue weighted by molar-refractivity contribution is 0.101. The Balaban J connectivity index is 2.12. The van der Waals surface area contributed by atoms with Crippen LogP contribution in [0.1, 0.15) is 68.3 Å². The van der Waals surface area contributed by atoms with E-state index in [1.54, 1.807) is 6.92 Å². The number of ketones is 1. The first kappa shape index (κ1) is 15.8. The van der Waals surface area contributed by atoms with Crippen LogP contribution >= 0.6 is 0 Å². The summed E-state index contributed by atoms with van der Waals surface area (Å²) in [4.78, 5) is 11.9. The van der Waals surface area contributed by atoms with E-state index >= 15 is 0 Å². The molecule has 0 bridgehead atoms. The van der Waals surface area contributed by atoms with Gasteiger partial charge in [0.05, 0.1) is 0 Å². The molecule has 2 rings (SSSR count). The average molecular weight is 282 g/mol. The van der Waals surface area contributed by atoms with Gasteiger partial charge in [0.1, 0.15) is 0 Å². The minimum absolute atomic E-state index is 0.182. The Bertz CT molecular complexity index is 598. The lowest BCUT2D eigenvalue weighted by Crippen LogP contribution is -2.01. The SMILES string of the molecule is CCCCCCCCc1c(C(C)=O)ccc2ccccc12. The Morgan fingerprint density at radius 2 is 1.62 bits per heavy atom. The third-order valence-corrected chi connectivity index (χ3v) is 4.20. The molecular weight excluding hydrogens is 256 g/mol. The third kappa shape index (κ3) is 4.17. The number of benzene rings is 2. The largest absolute Gasteiger partial charge is 0.295 e. The van der Waals surface area contributed by atoms with Gasteiger partial charge < -0.3 is 0 Å². The zero-order chi connectivity index (χ0) is 15.1. The second-order valence-electron chi connectivity index (χ2n) is 5.89. The molecule has 0 amide bonds. The van der Waals surface area contributed by atoms with Crippen molar-refractivity contribution in [2.24, 2.45) is 0 Å². The van der Waals surface area contributed by atoms with Gasteiger partial charge in [0.2, 0.25) is 0 Å². The van der Waals surface area contributed by atoms with Crippen LogP contribution in [-0.4, -0.2) is 5.78 Å². The summed E-state index contributed by atoms with van der Waals surface area (Å²) in [6, 6.07) is 12.5. The molecule has 0 N–H and O–H groups in total. The van der Waals surface area contributed by atoms with Gasteiger partial charge in [-0.15, -0.1) is 0 Å². The Kier molecular flexibility index (Phi) is 5.98. The van der Waals surface area contributed by atoms with E-state index < -0.39 is 0 Å². The molecule has 0 aliphatic rings. The molecular formula is C20H26O. The summed E-state index contributed by atoms with van der Waals surface area (Å²) in [5, 5.41) is 2.49. The number of carbonyl (C=O) groups is 1. The first-order valence-electron chi connectivity index (χ1n) is 8.25. The summed E-state index contributed by atoms with van der Waals surface area (Å²) in [7, 11) is 0. The van der Waals surface area contributed by atoms with Gasteiger partial charge in [0.25, 0.3) is 0 Å². The topological polar surface area (TPSA) is 17.1 Å². The molecule has 0 aliphatic carbocycles. The van der Waals surface area contributed by atoms with Crippen LogP contribution in [0.3, 0.4) is 0 Å². The summed E-state index contributed by atoms with van der Waals surface area (Å²) in [5.74, 6) is 0.182. The molecule has 1 heteroatoms. The number of hydrogen-bond acceptors (Lipinski definition) is 1. The second kappa shape index (κ2) is 7.97. The smallest absolute Gasteiger partial charge is 0.160 e. The van der Waals surface area contributed by atoms with Gasteiger partial charge in [0.15, 0.2) is 5.78 Å². The van der Waals surface area contributed by atoms with E-state index in [-0.39, 0.29) is 5.78 Å². The molecule has 2 aromatic rings. The monoisotopic (exact) mass is 282 g/mol. The Hall–Kier alpha value is -1.63. The van der Waals surface area contributed by atoms with Gasteiger partial charge in [0, 0.05) is 5.56 Å². The molecule has 0 fully saturated rings. The van der Waals surface area contributed by atoms with Crippen LogP contribution in [0.2, 0.25) is 0 Å². The van der Waals surface area contributed by atoms with Crippen LogP contribution in [0.5, 0.6) is 0 Å². The first-order valence-corrected chi connectivity index (χ1v) is 8.25. The number of fused-ring (bicyclic) bond motifs is 1. The van der Waals surface area contributed by atoms with E-state index in [1.807, 2.05) is 6.07 Å². The van der Waals surface area contributed by atoms with Gasteiger partial charge in [-0.05, 0) is 36.1 Å². The van der Waals surface area contributed by atoms with Gasteiger partial charge >= 0.3 is 0 Å². The number of hydrogen-bond donors (Lipinski definition) is 0. The molecule has 0 aliphatic heterocycles. The molecule has 0 atom stereocenters. The van der Waals surface area contributed by atoms with Gasteiger partial charge in [-0.1, -0.05) is 75.4 Å². The lowest BCUT2D eigenvalue weighted by atomic mass is 9.93. The van der Waals surface area contributed by atoms with Crippen molar-refractivity contribution in [1.82, 2.24) is 0 Å². The zero-order valence-corrected chi connectivity index (χ0v) is 13.3. The van der Waals surface area contributed by atoms with Crippen molar-refractivity contribution >= 4 is 16.6 Å². The predicted octanol–water partition coefficient (Wildman–Crippen LogP) is 5.95. The molecule has 21 heavy (non-hydrogen) atoms. The van der Waals surface area contributed by atoms with Crippen LogP contribution in [0.25, 0.3) is 10.8 Å². The van der Waals surface area contributed by atoms with Gasteiger partial charge in [-0.25, -0.2) is 0 Å². The average Bonchev–Trinajstić information content (AvgIpc) is 2.50. The quantitative estimate of drug-likeness (QED) is 0.432. The van der Waals surface area contributed by atoms with Crippen LogP contribution in [0.15, 0.2) is 36.4 Å². The fourth-order valence-corrected chi connectivity index (χ4v) is 3.02. The van der Waals surface area contributed by atoms with E-state index in [1.165, 1.54) is 54.9 Å². The lowest BCUT2D eigenvalue weighted by Gasteiger charge is -2.11. The van der Waals surface area contributed by atoms with Crippen molar-refractivity contribution in [2.75, 3.05) is 0 Å². The highest BCUT2D eigenvalue weighted by Gasteiger charge is 2.10. The molecule has 112 valence electrons. The minimum atomic E-state index is 0.182. The maximum Gasteiger partial charge on any atom is 0.160 e. The summed E-state index contributed by atoms with van der Waals surface area (Å²) in [5.41, 5.74) is 2.15. The van der Waals surface area contributed by atoms with Crippen molar-refractivity contribution in [2.45, 2.75) is 58.8 Å². The van der Waals surface area contributed by atoms with E-state index in [9.17, 15) is 4.79 Å². The van der Waals surface area contributed by atoms with Crippen molar-refractivity contribution in [3.05, 3.63) is 47.5 Å². The minimum Gasteiger partial charge on any atom is -0.295 e. The first-order chi connectivity index (χ1) is 10.2. The molecule has 0 radical (unpaired) electrons. The van der Waals surface area contributed by atoms with E-state index in [0.717, 1.165) is 12.0 Å². The highest BCUT2D eigenvalue weighted by Crippen LogP contribution is 2.25. The fourth-order valence-electron chi connectivity index (χ4n) is 3.02. The number of Topliss-reactive ketones (excluding diaryl/α,β-unsaturated/α-hetero) is 1.